The van der Waals surface area contributed by atoms with E-state index in [1.165, 1.54) is 11.3 Å². The number of hydrogen-bond acceptors (Lipinski definition) is 5. The fourth-order valence-electron chi connectivity index (χ4n) is 1.70. The minimum absolute atomic E-state index is 0.00655. The van der Waals surface area contributed by atoms with Gasteiger partial charge in [0.05, 0.1) is 18.4 Å². The number of amides is 1. The smallest absolute Gasteiger partial charge is 0.226 e. The molecular weight excluding hydrogens is 262 g/mol. The molecule has 2 aromatic rings. The van der Waals surface area contributed by atoms with Gasteiger partial charge < -0.3 is 15.6 Å². The molecule has 0 radical (unpaired) electrons. The lowest BCUT2D eigenvalue weighted by Crippen LogP contribution is -2.26. The van der Waals surface area contributed by atoms with E-state index in [-0.39, 0.29) is 5.91 Å². The van der Waals surface area contributed by atoms with Gasteiger partial charge in [0.2, 0.25) is 5.91 Å². The average Bonchev–Trinajstić information content (AvgIpc) is 3.01. The lowest BCUT2D eigenvalue weighted by Gasteiger charge is -2.04. The minimum Gasteiger partial charge on any atom is -0.375 e. The molecule has 3 N–H and O–H groups in total. The molecule has 0 unspecified atom stereocenters. The summed E-state index contributed by atoms with van der Waals surface area (Å²) in [6.45, 7) is 1.62. The Morgan fingerprint density at radius 3 is 3.05 bits per heavy atom. The van der Waals surface area contributed by atoms with Crippen LogP contribution in [0.5, 0.6) is 0 Å². The van der Waals surface area contributed by atoms with E-state index in [0.717, 1.165) is 25.1 Å². The largest absolute Gasteiger partial charge is 0.375 e. The second-order valence-electron chi connectivity index (χ2n) is 4.21. The normalized spacial score (nSPS) is 10.5. The van der Waals surface area contributed by atoms with E-state index in [0.29, 0.717) is 18.1 Å². The number of nitrogens with two attached hydrogens (primary N) is 1. The van der Waals surface area contributed by atoms with Crippen LogP contribution in [-0.2, 0) is 17.8 Å². The Balaban J connectivity index is 1.56. The Morgan fingerprint density at radius 2 is 2.37 bits per heavy atom. The Hall–Kier alpha value is -1.89. The number of rotatable bonds is 7. The van der Waals surface area contributed by atoms with Crippen molar-refractivity contribution in [1.82, 2.24) is 19.9 Å². The quantitative estimate of drug-likeness (QED) is 0.742. The van der Waals surface area contributed by atoms with Gasteiger partial charge in [-0.15, -0.1) is 11.3 Å². The van der Waals surface area contributed by atoms with Gasteiger partial charge in [0.15, 0.2) is 5.13 Å². The number of imidazole rings is 1. The summed E-state index contributed by atoms with van der Waals surface area (Å²) in [6.07, 6.45) is 7.76. The molecule has 0 saturated heterocycles. The molecule has 0 bridgehead atoms. The van der Waals surface area contributed by atoms with Crippen molar-refractivity contribution in [1.29, 1.82) is 0 Å². The number of aryl methyl sites for hydroxylation is 1. The fraction of sp³-hybridized carbons (Fsp3) is 0.417. The van der Waals surface area contributed by atoms with Crippen molar-refractivity contribution in [3.05, 3.63) is 29.8 Å². The molecule has 0 spiro atoms. The lowest BCUT2D eigenvalue weighted by atomic mass is 10.3. The predicted molar refractivity (Wildman–Crippen MR) is 74.7 cm³/mol. The number of hydrogen-bond donors (Lipinski definition) is 2. The summed E-state index contributed by atoms with van der Waals surface area (Å²) in [5.41, 5.74) is 6.24. The Bertz CT molecular complexity index is 508. The number of carbonyl (C=O) groups is 1. The SMILES string of the molecule is Nc1nc(CC(=O)NCCCCn2ccnc2)cs1. The Labute approximate surface area is 115 Å². The lowest BCUT2D eigenvalue weighted by molar-refractivity contribution is -0.120. The highest BCUT2D eigenvalue weighted by atomic mass is 32.1. The number of anilines is 1. The van der Waals surface area contributed by atoms with E-state index in [1.807, 2.05) is 16.1 Å². The van der Waals surface area contributed by atoms with Crippen LogP contribution in [0.1, 0.15) is 18.5 Å². The van der Waals surface area contributed by atoms with Crippen molar-refractivity contribution in [2.75, 3.05) is 12.3 Å². The number of thiazole rings is 1. The van der Waals surface area contributed by atoms with Crippen LogP contribution in [0.3, 0.4) is 0 Å². The summed E-state index contributed by atoms with van der Waals surface area (Å²) in [5.74, 6) is -0.00655. The number of carbonyl (C=O) groups excluding carboxylic acids is 1. The maximum atomic E-state index is 11.6. The van der Waals surface area contributed by atoms with Gasteiger partial charge in [0.1, 0.15) is 0 Å². The molecule has 0 saturated carbocycles. The molecule has 0 aliphatic rings. The van der Waals surface area contributed by atoms with Crippen LogP contribution in [-0.4, -0.2) is 27.0 Å². The summed E-state index contributed by atoms with van der Waals surface area (Å²) in [6, 6.07) is 0. The molecule has 0 aromatic carbocycles. The Morgan fingerprint density at radius 1 is 1.47 bits per heavy atom. The van der Waals surface area contributed by atoms with Crippen LogP contribution >= 0.6 is 11.3 Å². The highest BCUT2D eigenvalue weighted by Gasteiger charge is 2.05. The molecule has 2 rings (SSSR count). The first-order valence-electron chi connectivity index (χ1n) is 6.16. The number of nitrogen functional groups attached to an aromatic ring is 1. The standard InChI is InChI=1S/C12H17N5OS/c13-12-16-10(8-19-12)7-11(18)15-3-1-2-5-17-6-4-14-9-17/h4,6,8-9H,1-3,5,7H2,(H2,13,16)(H,15,18). The third-order valence-corrected chi connectivity index (χ3v) is 3.36. The van der Waals surface area contributed by atoms with E-state index < -0.39 is 0 Å². The molecule has 0 aliphatic heterocycles. The summed E-state index contributed by atoms with van der Waals surface area (Å²) in [5, 5.41) is 5.20. The molecule has 19 heavy (non-hydrogen) atoms. The van der Waals surface area contributed by atoms with Crippen molar-refractivity contribution >= 4 is 22.4 Å². The zero-order chi connectivity index (χ0) is 13.5. The number of nitrogens with one attached hydrogen (secondary N) is 1. The van der Waals surface area contributed by atoms with Crippen molar-refractivity contribution in [2.45, 2.75) is 25.8 Å². The maximum absolute atomic E-state index is 11.6. The van der Waals surface area contributed by atoms with Gasteiger partial charge in [-0.1, -0.05) is 0 Å². The van der Waals surface area contributed by atoms with Crippen LogP contribution in [0.25, 0.3) is 0 Å². The van der Waals surface area contributed by atoms with Crippen molar-refractivity contribution < 1.29 is 4.79 Å². The summed E-state index contributed by atoms with van der Waals surface area (Å²) in [4.78, 5) is 19.6. The third-order valence-electron chi connectivity index (χ3n) is 2.64. The van der Waals surface area contributed by atoms with Crippen LogP contribution in [0, 0.1) is 0 Å². The van der Waals surface area contributed by atoms with Gasteiger partial charge in [-0.25, -0.2) is 9.97 Å². The van der Waals surface area contributed by atoms with Crippen molar-refractivity contribution in [2.24, 2.45) is 0 Å². The molecule has 1 amide bonds. The molecule has 0 atom stereocenters. The second kappa shape index (κ2) is 6.89. The maximum Gasteiger partial charge on any atom is 0.226 e. The van der Waals surface area contributed by atoms with Crippen LogP contribution in [0.15, 0.2) is 24.1 Å². The summed E-state index contributed by atoms with van der Waals surface area (Å²) in [7, 11) is 0. The molecule has 102 valence electrons. The number of aromatic nitrogens is 3. The molecule has 7 heteroatoms. The van der Waals surface area contributed by atoms with Gasteiger partial charge >= 0.3 is 0 Å². The molecule has 2 aromatic heterocycles. The van der Waals surface area contributed by atoms with E-state index in [2.05, 4.69) is 15.3 Å². The van der Waals surface area contributed by atoms with E-state index in [9.17, 15) is 4.79 Å². The summed E-state index contributed by atoms with van der Waals surface area (Å²) < 4.78 is 2.03. The van der Waals surface area contributed by atoms with Gasteiger partial charge in [0.25, 0.3) is 0 Å². The van der Waals surface area contributed by atoms with Crippen LogP contribution in [0.4, 0.5) is 5.13 Å². The van der Waals surface area contributed by atoms with E-state index in [1.54, 1.807) is 12.5 Å². The van der Waals surface area contributed by atoms with Gasteiger partial charge in [-0.3, -0.25) is 4.79 Å². The molecular formula is C12H17N5OS. The zero-order valence-electron chi connectivity index (χ0n) is 10.6. The number of unbranched alkanes of at least 4 members (excludes halogenated alkanes) is 1. The number of nitrogens with zero attached hydrogens (tertiary/aromatic N) is 3. The van der Waals surface area contributed by atoms with E-state index >= 15 is 0 Å². The zero-order valence-corrected chi connectivity index (χ0v) is 11.4. The monoisotopic (exact) mass is 279 g/mol. The van der Waals surface area contributed by atoms with Gasteiger partial charge in [-0.05, 0) is 12.8 Å². The predicted octanol–water partition coefficient (Wildman–Crippen LogP) is 1.06. The van der Waals surface area contributed by atoms with Gasteiger partial charge in [0, 0.05) is 30.9 Å². The highest BCUT2D eigenvalue weighted by molar-refractivity contribution is 7.13. The van der Waals surface area contributed by atoms with Crippen molar-refractivity contribution in [3.8, 4) is 0 Å². The first-order valence-corrected chi connectivity index (χ1v) is 7.04. The van der Waals surface area contributed by atoms with Gasteiger partial charge in [-0.2, -0.15) is 0 Å². The Kier molecular flexibility index (Phi) is 4.91. The van der Waals surface area contributed by atoms with Crippen molar-refractivity contribution in [3.63, 3.8) is 0 Å². The van der Waals surface area contributed by atoms with E-state index in [4.69, 9.17) is 5.73 Å². The average molecular weight is 279 g/mol. The third kappa shape index (κ3) is 4.70. The minimum atomic E-state index is -0.00655. The molecule has 2 heterocycles. The fourth-order valence-corrected chi connectivity index (χ4v) is 2.26. The molecule has 6 nitrogen and oxygen atoms in total. The molecule has 0 fully saturated rings. The van der Waals surface area contributed by atoms with Crippen LogP contribution < -0.4 is 11.1 Å². The topological polar surface area (TPSA) is 85.8 Å². The highest BCUT2D eigenvalue weighted by Crippen LogP contribution is 2.11. The molecule has 0 aliphatic carbocycles. The summed E-state index contributed by atoms with van der Waals surface area (Å²) >= 11 is 1.35. The second-order valence-corrected chi connectivity index (χ2v) is 5.10. The van der Waals surface area contributed by atoms with Crippen LogP contribution in [0.2, 0.25) is 0 Å². The first-order chi connectivity index (χ1) is 9.24. The first kappa shape index (κ1) is 13.5.